The lowest BCUT2D eigenvalue weighted by Gasteiger charge is -2.12. The minimum absolute atomic E-state index is 0.104. The fraction of sp³-hybridized carbons (Fsp3) is 0.300. The van der Waals surface area contributed by atoms with Gasteiger partial charge >= 0.3 is 5.97 Å². The van der Waals surface area contributed by atoms with Crippen LogP contribution in [0.3, 0.4) is 0 Å². The lowest BCUT2D eigenvalue weighted by molar-refractivity contribution is -0.116. The van der Waals surface area contributed by atoms with Crippen LogP contribution in [-0.2, 0) is 9.53 Å². The third-order valence-corrected chi connectivity index (χ3v) is 3.54. The van der Waals surface area contributed by atoms with Gasteiger partial charge in [0.1, 0.15) is 5.75 Å². The van der Waals surface area contributed by atoms with E-state index in [-0.39, 0.29) is 11.9 Å². The summed E-state index contributed by atoms with van der Waals surface area (Å²) in [5.74, 6) is 0.213. The Bertz CT molecular complexity index is 729. The van der Waals surface area contributed by atoms with E-state index in [0.29, 0.717) is 43.2 Å². The first kappa shape index (κ1) is 19.3. The summed E-state index contributed by atoms with van der Waals surface area (Å²) >= 11 is 0. The van der Waals surface area contributed by atoms with Crippen LogP contribution in [-0.4, -0.2) is 31.6 Å². The molecule has 2 rings (SSSR count). The molecule has 2 aromatic rings. The largest absolute Gasteiger partial charge is 0.492 e. The Morgan fingerprint density at radius 1 is 0.962 bits per heavy atom. The standard InChI is InChI=1S/C20H24N2O4/c1-3-25-18-8-6-5-7-17(18)22-19(23)13-14-21-16-11-9-15(10-12-16)20(24)26-4-2/h5-12,21H,3-4,13-14H2,1-2H3,(H,22,23). The summed E-state index contributed by atoms with van der Waals surface area (Å²) in [6.45, 7) is 5.03. The molecule has 0 saturated heterocycles. The number of nitrogens with one attached hydrogen (secondary N) is 2. The molecule has 0 radical (unpaired) electrons. The van der Waals surface area contributed by atoms with Gasteiger partial charge in [-0.2, -0.15) is 0 Å². The van der Waals surface area contributed by atoms with E-state index in [1.54, 1.807) is 31.2 Å². The number of benzene rings is 2. The molecule has 6 nitrogen and oxygen atoms in total. The van der Waals surface area contributed by atoms with Crippen molar-refractivity contribution in [3.63, 3.8) is 0 Å². The lowest BCUT2D eigenvalue weighted by Crippen LogP contribution is -2.17. The smallest absolute Gasteiger partial charge is 0.338 e. The zero-order valence-corrected chi connectivity index (χ0v) is 15.1. The highest BCUT2D eigenvalue weighted by atomic mass is 16.5. The topological polar surface area (TPSA) is 76.7 Å². The number of carbonyl (C=O) groups is 2. The number of rotatable bonds is 9. The van der Waals surface area contributed by atoms with E-state index in [1.165, 1.54) is 0 Å². The Kier molecular flexibility index (Phi) is 7.49. The average Bonchev–Trinajstić information content (AvgIpc) is 2.64. The Balaban J connectivity index is 1.80. The molecular weight excluding hydrogens is 332 g/mol. The number of carbonyl (C=O) groups excluding carboxylic acids is 2. The fourth-order valence-corrected chi connectivity index (χ4v) is 2.32. The number of amides is 1. The molecule has 0 bridgehead atoms. The second kappa shape index (κ2) is 10.1. The van der Waals surface area contributed by atoms with Crippen molar-refractivity contribution >= 4 is 23.3 Å². The van der Waals surface area contributed by atoms with Gasteiger partial charge in [0.15, 0.2) is 0 Å². The molecule has 2 N–H and O–H groups in total. The minimum Gasteiger partial charge on any atom is -0.492 e. The number of ether oxygens (including phenoxy) is 2. The van der Waals surface area contributed by atoms with Gasteiger partial charge in [0.2, 0.25) is 5.91 Å². The molecular formula is C20H24N2O4. The maximum absolute atomic E-state index is 12.1. The Labute approximate surface area is 153 Å². The maximum atomic E-state index is 12.1. The van der Waals surface area contributed by atoms with Crippen molar-refractivity contribution in [1.82, 2.24) is 0 Å². The highest BCUT2D eigenvalue weighted by Gasteiger charge is 2.08. The van der Waals surface area contributed by atoms with Gasteiger partial charge < -0.3 is 20.1 Å². The number of anilines is 2. The van der Waals surface area contributed by atoms with E-state index in [4.69, 9.17) is 9.47 Å². The zero-order chi connectivity index (χ0) is 18.8. The van der Waals surface area contributed by atoms with Gasteiger partial charge in [0.25, 0.3) is 0 Å². The van der Waals surface area contributed by atoms with E-state index >= 15 is 0 Å². The van der Waals surface area contributed by atoms with Crippen LogP contribution in [0.25, 0.3) is 0 Å². The normalized spacial score (nSPS) is 10.1. The maximum Gasteiger partial charge on any atom is 0.338 e. The van der Waals surface area contributed by atoms with Crippen molar-refractivity contribution in [3.8, 4) is 5.75 Å². The first-order valence-corrected chi connectivity index (χ1v) is 8.66. The molecule has 0 aliphatic carbocycles. The van der Waals surface area contributed by atoms with Crippen molar-refractivity contribution in [3.05, 3.63) is 54.1 Å². The summed E-state index contributed by atoms with van der Waals surface area (Å²) in [5.41, 5.74) is 2.00. The predicted molar refractivity (Wildman–Crippen MR) is 102 cm³/mol. The van der Waals surface area contributed by atoms with Crippen molar-refractivity contribution in [2.75, 3.05) is 30.4 Å². The van der Waals surface area contributed by atoms with E-state index < -0.39 is 0 Å². The van der Waals surface area contributed by atoms with Gasteiger partial charge in [-0.25, -0.2) is 4.79 Å². The van der Waals surface area contributed by atoms with Gasteiger partial charge in [-0.1, -0.05) is 12.1 Å². The quantitative estimate of drug-likeness (QED) is 0.670. The van der Waals surface area contributed by atoms with Crippen LogP contribution in [0.1, 0.15) is 30.6 Å². The molecule has 26 heavy (non-hydrogen) atoms. The molecule has 1 amide bonds. The number of para-hydroxylation sites is 2. The van der Waals surface area contributed by atoms with Crippen LogP contribution >= 0.6 is 0 Å². The Morgan fingerprint density at radius 2 is 1.69 bits per heavy atom. The number of hydrogen-bond donors (Lipinski definition) is 2. The molecule has 6 heteroatoms. The summed E-state index contributed by atoms with van der Waals surface area (Å²) in [5, 5.41) is 6.01. The predicted octanol–water partition coefficient (Wildman–Crippen LogP) is 3.70. The molecule has 2 aromatic carbocycles. The molecule has 0 aliphatic heterocycles. The SMILES string of the molecule is CCOC(=O)c1ccc(NCCC(=O)Nc2ccccc2OCC)cc1. The van der Waals surface area contributed by atoms with Crippen LogP contribution in [0.15, 0.2) is 48.5 Å². The van der Waals surface area contributed by atoms with Crippen molar-refractivity contribution in [1.29, 1.82) is 0 Å². The average molecular weight is 356 g/mol. The molecule has 0 saturated carbocycles. The van der Waals surface area contributed by atoms with Gasteiger partial charge in [0.05, 0.1) is 24.5 Å². The first-order valence-electron chi connectivity index (χ1n) is 8.66. The van der Waals surface area contributed by atoms with Crippen LogP contribution in [0.2, 0.25) is 0 Å². The van der Waals surface area contributed by atoms with Gasteiger partial charge in [-0.05, 0) is 50.2 Å². The van der Waals surface area contributed by atoms with Crippen molar-refractivity contribution < 1.29 is 19.1 Å². The third-order valence-electron chi connectivity index (χ3n) is 3.54. The highest BCUT2D eigenvalue weighted by Crippen LogP contribution is 2.23. The van der Waals surface area contributed by atoms with Crippen LogP contribution < -0.4 is 15.4 Å². The number of hydrogen-bond acceptors (Lipinski definition) is 5. The summed E-state index contributed by atoms with van der Waals surface area (Å²) in [7, 11) is 0. The van der Waals surface area contributed by atoms with Crippen LogP contribution in [0.5, 0.6) is 5.75 Å². The summed E-state index contributed by atoms with van der Waals surface area (Å²) in [6.07, 6.45) is 0.306. The molecule has 0 unspecified atom stereocenters. The second-order valence-corrected chi connectivity index (χ2v) is 5.45. The Morgan fingerprint density at radius 3 is 2.38 bits per heavy atom. The molecule has 0 aliphatic rings. The first-order chi connectivity index (χ1) is 12.6. The second-order valence-electron chi connectivity index (χ2n) is 5.45. The number of esters is 1. The molecule has 0 fully saturated rings. The zero-order valence-electron chi connectivity index (χ0n) is 15.1. The van der Waals surface area contributed by atoms with E-state index in [0.717, 1.165) is 5.69 Å². The van der Waals surface area contributed by atoms with Crippen molar-refractivity contribution in [2.45, 2.75) is 20.3 Å². The van der Waals surface area contributed by atoms with E-state index in [1.807, 2.05) is 31.2 Å². The van der Waals surface area contributed by atoms with Crippen LogP contribution in [0.4, 0.5) is 11.4 Å². The summed E-state index contributed by atoms with van der Waals surface area (Å²) in [6, 6.07) is 14.3. The molecule has 0 heterocycles. The van der Waals surface area contributed by atoms with E-state index in [9.17, 15) is 9.59 Å². The fourth-order valence-electron chi connectivity index (χ4n) is 2.32. The molecule has 0 atom stereocenters. The highest BCUT2D eigenvalue weighted by molar-refractivity contribution is 5.92. The van der Waals surface area contributed by atoms with Crippen molar-refractivity contribution in [2.24, 2.45) is 0 Å². The van der Waals surface area contributed by atoms with Gasteiger partial charge in [-0.3, -0.25) is 4.79 Å². The monoisotopic (exact) mass is 356 g/mol. The third kappa shape index (κ3) is 5.81. The minimum atomic E-state index is -0.341. The van der Waals surface area contributed by atoms with Gasteiger partial charge in [-0.15, -0.1) is 0 Å². The van der Waals surface area contributed by atoms with Gasteiger partial charge in [0, 0.05) is 18.7 Å². The lowest BCUT2D eigenvalue weighted by atomic mass is 10.2. The Hall–Kier alpha value is -3.02. The molecule has 0 aromatic heterocycles. The molecule has 0 spiro atoms. The summed E-state index contributed by atoms with van der Waals surface area (Å²) in [4.78, 5) is 23.7. The van der Waals surface area contributed by atoms with E-state index in [2.05, 4.69) is 10.6 Å². The summed E-state index contributed by atoms with van der Waals surface area (Å²) < 4.78 is 10.4. The molecule has 138 valence electrons. The van der Waals surface area contributed by atoms with Crippen LogP contribution in [0, 0.1) is 0 Å².